The Morgan fingerprint density at radius 3 is 2.08 bits per heavy atom. The highest BCUT2D eigenvalue weighted by atomic mass is 16.2. The molecule has 2 rings (SSSR count). The maximum atomic E-state index is 11.0. The maximum absolute atomic E-state index is 11.0. The van der Waals surface area contributed by atoms with Gasteiger partial charge in [0, 0.05) is 5.69 Å². The van der Waals surface area contributed by atoms with Crippen molar-refractivity contribution in [2.75, 3.05) is 4.90 Å². The van der Waals surface area contributed by atoms with Crippen LogP contribution in [-0.2, 0) is 0 Å². The fourth-order valence-electron chi connectivity index (χ4n) is 1.23. The SMILES string of the molecule is Cc1ccc(N2C(=O)[B]C2=O)cc1. The maximum Gasteiger partial charge on any atom is 0.352 e. The van der Waals surface area contributed by atoms with Crippen LogP contribution in [0.25, 0.3) is 0 Å². The summed E-state index contributed by atoms with van der Waals surface area (Å²) in [5, 5.41) is 0. The first-order valence-electron chi connectivity index (χ1n) is 3.98. The van der Waals surface area contributed by atoms with Crippen LogP contribution in [0.2, 0.25) is 0 Å². The van der Waals surface area contributed by atoms with Gasteiger partial charge in [-0.25, -0.2) is 0 Å². The minimum atomic E-state index is -0.242. The van der Waals surface area contributed by atoms with E-state index in [9.17, 15) is 9.59 Å². The number of aryl methyl sites for hydroxylation is 1. The van der Waals surface area contributed by atoms with E-state index in [1.165, 1.54) is 0 Å². The largest absolute Gasteiger partial charge is 0.352 e. The van der Waals surface area contributed by atoms with E-state index in [0.29, 0.717) is 5.69 Å². The molecule has 0 aliphatic carbocycles. The van der Waals surface area contributed by atoms with Crippen LogP contribution in [-0.4, -0.2) is 18.9 Å². The van der Waals surface area contributed by atoms with Gasteiger partial charge in [0.25, 0.3) is 0 Å². The Morgan fingerprint density at radius 2 is 1.62 bits per heavy atom. The summed E-state index contributed by atoms with van der Waals surface area (Å²) in [6.45, 7) is 1.95. The minimum Gasteiger partial charge on any atom is -0.287 e. The minimum absolute atomic E-state index is 0.242. The molecule has 1 saturated heterocycles. The number of carbonyl (C=O) groups is 2. The molecule has 1 radical (unpaired) electrons. The van der Waals surface area contributed by atoms with E-state index < -0.39 is 0 Å². The third kappa shape index (κ3) is 1.24. The van der Waals surface area contributed by atoms with Crippen molar-refractivity contribution in [2.45, 2.75) is 6.92 Å². The van der Waals surface area contributed by atoms with Crippen molar-refractivity contribution >= 4 is 24.6 Å². The summed E-state index contributed by atoms with van der Waals surface area (Å²) < 4.78 is 0. The quantitative estimate of drug-likeness (QED) is 0.605. The second kappa shape index (κ2) is 2.73. The van der Waals surface area contributed by atoms with Gasteiger partial charge in [-0.1, -0.05) is 17.7 Å². The first kappa shape index (κ1) is 8.04. The zero-order valence-corrected chi connectivity index (χ0v) is 7.15. The van der Waals surface area contributed by atoms with Crippen LogP contribution in [0.1, 0.15) is 5.56 Å². The summed E-state index contributed by atoms with van der Waals surface area (Å²) in [6, 6.07) is 7.26. The molecule has 0 saturated carbocycles. The number of nitrogens with zero attached hydrogens (tertiary/aromatic N) is 1. The summed E-state index contributed by atoms with van der Waals surface area (Å²) in [7, 11) is 1.08. The lowest BCUT2D eigenvalue weighted by atomic mass is 9.66. The molecule has 1 aromatic carbocycles. The highest BCUT2D eigenvalue weighted by molar-refractivity contribution is 7.09. The standard InChI is InChI=1S/C9H7BNO2/c1-6-2-4-7(5-3-6)11-8(12)10-9(11)13/h2-5H,1H3. The Hall–Kier alpha value is -1.58. The lowest BCUT2D eigenvalue weighted by Crippen LogP contribution is -2.55. The highest BCUT2D eigenvalue weighted by Crippen LogP contribution is 2.20. The first-order valence-corrected chi connectivity index (χ1v) is 3.98. The number of rotatable bonds is 1. The van der Waals surface area contributed by atoms with Gasteiger partial charge in [0.05, 0.1) is 0 Å². The number of hydrogen-bond acceptors (Lipinski definition) is 2. The number of carbonyl (C=O) groups excluding carboxylic acids is 2. The molecular weight excluding hydrogens is 165 g/mol. The first-order chi connectivity index (χ1) is 6.18. The number of anilines is 1. The lowest BCUT2D eigenvalue weighted by molar-refractivity contribution is 0.248. The Balaban J connectivity index is 2.30. The Bertz CT molecular complexity index is 358. The van der Waals surface area contributed by atoms with E-state index in [1.807, 2.05) is 19.1 Å². The molecule has 1 heterocycles. The lowest BCUT2D eigenvalue weighted by Gasteiger charge is -2.27. The van der Waals surface area contributed by atoms with Crippen LogP contribution in [0.15, 0.2) is 24.3 Å². The van der Waals surface area contributed by atoms with Gasteiger partial charge in [-0.2, -0.15) is 0 Å². The van der Waals surface area contributed by atoms with Crippen molar-refractivity contribution in [3.8, 4) is 0 Å². The summed E-state index contributed by atoms with van der Waals surface area (Å²) in [5.41, 5.74) is 1.75. The molecule has 0 bridgehead atoms. The van der Waals surface area contributed by atoms with E-state index in [-0.39, 0.29) is 11.6 Å². The molecule has 1 fully saturated rings. The monoisotopic (exact) mass is 172 g/mol. The van der Waals surface area contributed by atoms with Gasteiger partial charge >= 0.3 is 7.28 Å². The molecule has 1 aliphatic rings. The number of hydrogen-bond donors (Lipinski definition) is 0. The van der Waals surface area contributed by atoms with Crippen LogP contribution < -0.4 is 4.90 Å². The molecular formula is C9H7BNO2. The summed E-state index contributed by atoms with van der Waals surface area (Å²) in [5.74, 6) is -0.484. The van der Waals surface area contributed by atoms with Crippen molar-refractivity contribution in [3.05, 3.63) is 29.8 Å². The third-order valence-electron chi connectivity index (χ3n) is 1.98. The van der Waals surface area contributed by atoms with Crippen LogP contribution in [0.4, 0.5) is 15.3 Å². The Kier molecular flexibility index (Phi) is 1.69. The molecule has 0 atom stereocenters. The van der Waals surface area contributed by atoms with Gasteiger partial charge in [-0.3, -0.25) is 14.5 Å². The molecule has 0 N–H and O–H groups in total. The average Bonchev–Trinajstić information content (AvgIpc) is 2.09. The highest BCUT2D eigenvalue weighted by Gasteiger charge is 2.37. The normalized spacial score (nSPS) is 15.3. The van der Waals surface area contributed by atoms with E-state index >= 15 is 0 Å². The molecule has 0 spiro atoms. The molecule has 2 amide bonds. The molecule has 3 nitrogen and oxygen atoms in total. The molecule has 4 heteroatoms. The fourth-order valence-corrected chi connectivity index (χ4v) is 1.23. The van der Waals surface area contributed by atoms with Gasteiger partial charge in [0.2, 0.25) is 0 Å². The van der Waals surface area contributed by atoms with Crippen molar-refractivity contribution in [3.63, 3.8) is 0 Å². The topological polar surface area (TPSA) is 37.4 Å². The van der Waals surface area contributed by atoms with Gasteiger partial charge in [-0.15, -0.1) is 0 Å². The molecule has 0 unspecified atom stereocenters. The predicted octanol–water partition coefficient (Wildman–Crippen LogP) is 1.76. The van der Waals surface area contributed by atoms with Gasteiger partial charge in [0.1, 0.15) is 0 Å². The van der Waals surface area contributed by atoms with Crippen molar-refractivity contribution in [2.24, 2.45) is 0 Å². The number of imide groups is 1. The van der Waals surface area contributed by atoms with Crippen LogP contribution in [0, 0.1) is 6.92 Å². The summed E-state index contributed by atoms with van der Waals surface area (Å²) >= 11 is 0. The van der Waals surface area contributed by atoms with E-state index in [1.54, 1.807) is 12.1 Å². The molecule has 1 aliphatic heterocycles. The second-order valence-electron chi connectivity index (χ2n) is 2.99. The smallest absolute Gasteiger partial charge is 0.287 e. The van der Waals surface area contributed by atoms with Crippen LogP contribution in [0.3, 0.4) is 0 Å². The average molecular weight is 172 g/mol. The Labute approximate surface area is 76.6 Å². The van der Waals surface area contributed by atoms with E-state index in [0.717, 1.165) is 17.7 Å². The molecule has 1 aromatic rings. The van der Waals surface area contributed by atoms with E-state index in [4.69, 9.17) is 0 Å². The Morgan fingerprint density at radius 1 is 1.08 bits per heavy atom. The van der Waals surface area contributed by atoms with E-state index in [2.05, 4.69) is 0 Å². The summed E-state index contributed by atoms with van der Waals surface area (Å²) in [6.07, 6.45) is 0. The molecule has 13 heavy (non-hydrogen) atoms. The van der Waals surface area contributed by atoms with Gasteiger partial charge in [0.15, 0.2) is 11.6 Å². The summed E-state index contributed by atoms with van der Waals surface area (Å²) in [4.78, 5) is 23.1. The second-order valence-corrected chi connectivity index (χ2v) is 2.99. The zero-order valence-electron chi connectivity index (χ0n) is 7.15. The zero-order chi connectivity index (χ0) is 9.42. The third-order valence-corrected chi connectivity index (χ3v) is 1.98. The number of benzene rings is 1. The fraction of sp³-hybridized carbons (Fsp3) is 0.111. The van der Waals surface area contributed by atoms with Gasteiger partial charge in [-0.05, 0) is 19.1 Å². The van der Waals surface area contributed by atoms with Gasteiger partial charge < -0.3 is 0 Å². The van der Waals surface area contributed by atoms with Crippen LogP contribution in [0.5, 0.6) is 0 Å². The molecule has 63 valence electrons. The molecule has 0 aromatic heterocycles. The predicted molar refractivity (Wildman–Crippen MR) is 50.2 cm³/mol. The number of amides is 2. The van der Waals surface area contributed by atoms with Crippen molar-refractivity contribution < 1.29 is 9.59 Å². The van der Waals surface area contributed by atoms with Crippen molar-refractivity contribution in [1.82, 2.24) is 0 Å². The van der Waals surface area contributed by atoms with Crippen molar-refractivity contribution in [1.29, 1.82) is 0 Å². The van der Waals surface area contributed by atoms with Crippen LogP contribution >= 0.6 is 0 Å².